The molecule has 8 nitrogen and oxygen atoms in total. The van der Waals surface area contributed by atoms with Gasteiger partial charge in [0.1, 0.15) is 22.9 Å². The van der Waals surface area contributed by atoms with E-state index >= 15 is 0 Å². The van der Waals surface area contributed by atoms with Crippen molar-refractivity contribution in [3.05, 3.63) is 41.4 Å². The SMILES string of the molecule is Cc1oc(CNC(=O)NCc2ncc[nH]2)cc1C(=O)O. The molecule has 0 saturated carbocycles. The Morgan fingerprint density at radius 2 is 2.15 bits per heavy atom. The Balaban J connectivity index is 1.81. The molecule has 0 aliphatic rings. The van der Waals surface area contributed by atoms with Gasteiger partial charge >= 0.3 is 12.0 Å². The van der Waals surface area contributed by atoms with E-state index in [0.29, 0.717) is 17.3 Å². The molecule has 0 saturated heterocycles. The summed E-state index contributed by atoms with van der Waals surface area (Å²) in [6.07, 6.45) is 3.25. The van der Waals surface area contributed by atoms with E-state index < -0.39 is 12.0 Å². The fourth-order valence-electron chi connectivity index (χ4n) is 1.63. The Labute approximate surface area is 114 Å². The van der Waals surface area contributed by atoms with Crippen molar-refractivity contribution < 1.29 is 19.1 Å². The number of aromatic carboxylic acids is 1. The smallest absolute Gasteiger partial charge is 0.339 e. The molecular weight excluding hydrogens is 264 g/mol. The Morgan fingerprint density at radius 1 is 1.40 bits per heavy atom. The van der Waals surface area contributed by atoms with Crippen molar-refractivity contribution in [2.45, 2.75) is 20.0 Å². The first-order chi connectivity index (χ1) is 9.56. The number of carboxylic acid groups (broad SMARTS) is 1. The first kappa shape index (κ1) is 13.7. The zero-order chi connectivity index (χ0) is 14.5. The first-order valence-electron chi connectivity index (χ1n) is 5.89. The molecule has 0 spiro atoms. The highest BCUT2D eigenvalue weighted by molar-refractivity contribution is 5.88. The molecule has 0 atom stereocenters. The molecule has 0 bridgehead atoms. The number of carboxylic acids is 1. The molecule has 0 radical (unpaired) electrons. The molecule has 106 valence electrons. The monoisotopic (exact) mass is 278 g/mol. The summed E-state index contributed by atoms with van der Waals surface area (Å²) in [5.74, 6) is 0.278. The number of aryl methyl sites for hydroxylation is 1. The minimum absolute atomic E-state index is 0.0952. The highest BCUT2D eigenvalue weighted by Crippen LogP contribution is 2.14. The van der Waals surface area contributed by atoms with Crippen LogP contribution in [0.15, 0.2) is 22.9 Å². The summed E-state index contributed by atoms with van der Waals surface area (Å²) in [7, 11) is 0. The first-order valence-corrected chi connectivity index (χ1v) is 5.89. The molecule has 0 aliphatic carbocycles. The number of carbonyl (C=O) groups excluding carboxylic acids is 1. The van der Waals surface area contributed by atoms with Crippen LogP contribution in [-0.4, -0.2) is 27.1 Å². The second kappa shape index (κ2) is 5.91. The molecule has 20 heavy (non-hydrogen) atoms. The van der Waals surface area contributed by atoms with Crippen molar-refractivity contribution in [1.82, 2.24) is 20.6 Å². The number of hydrogen-bond donors (Lipinski definition) is 4. The van der Waals surface area contributed by atoms with Crippen LogP contribution in [0.2, 0.25) is 0 Å². The van der Waals surface area contributed by atoms with Crippen LogP contribution in [0, 0.1) is 6.92 Å². The number of nitrogens with zero attached hydrogens (tertiary/aromatic N) is 1. The largest absolute Gasteiger partial charge is 0.478 e. The lowest BCUT2D eigenvalue weighted by atomic mass is 10.2. The molecule has 0 unspecified atom stereocenters. The second-order valence-corrected chi connectivity index (χ2v) is 4.06. The average Bonchev–Trinajstić information content (AvgIpc) is 3.03. The Morgan fingerprint density at radius 3 is 2.75 bits per heavy atom. The summed E-state index contributed by atoms with van der Waals surface area (Å²) < 4.78 is 5.23. The standard InChI is InChI=1S/C12H14N4O4/c1-7-9(11(17)18)4-8(20-7)5-15-12(19)16-6-10-13-2-3-14-10/h2-4H,5-6H2,1H3,(H,13,14)(H,17,18)(H2,15,16,19). The number of furan rings is 1. The zero-order valence-corrected chi connectivity index (χ0v) is 10.8. The van der Waals surface area contributed by atoms with Gasteiger partial charge in [0, 0.05) is 12.4 Å². The number of rotatable bonds is 5. The van der Waals surface area contributed by atoms with E-state index in [1.54, 1.807) is 19.3 Å². The lowest BCUT2D eigenvalue weighted by Gasteiger charge is -2.04. The van der Waals surface area contributed by atoms with E-state index in [4.69, 9.17) is 9.52 Å². The van der Waals surface area contributed by atoms with Crippen LogP contribution >= 0.6 is 0 Å². The van der Waals surface area contributed by atoms with E-state index in [9.17, 15) is 9.59 Å². The molecule has 0 fully saturated rings. The number of H-pyrrole nitrogens is 1. The number of amides is 2. The number of aromatic nitrogens is 2. The van der Waals surface area contributed by atoms with Crippen LogP contribution in [0.3, 0.4) is 0 Å². The molecule has 2 aromatic rings. The van der Waals surface area contributed by atoms with Crippen molar-refractivity contribution in [3.8, 4) is 0 Å². The molecular formula is C12H14N4O4. The number of imidazole rings is 1. The van der Waals surface area contributed by atoms with Gasteiger partial charge in [0.25, 0.3) is 0 Å². The Kier molecular flexibility index (Phi) is 4.04. The van der Waals surface area contributed by atoms with Gasteiger partial charge in [-0.3, -0.25) is 0 Å². The molecule has 4 N–H and O–H groups in total. The van der Waals surface area contributed by atoms with Gasteiger partial charge in [-0.2, -0.15) is 0 Å². The number of carbonyl (C=O) groups is 2. The maximum atomic E-state index is 11.5. The fraction of sp³-hybridized carbons (Fsp3) is 0.250. The van der Waals surface area contributed by atoms with Crippen LogP contribution in [0.5, 0.6) is 0 Å². The maximum absolute atomic E-state index is 11.5. The van der Waals surface area contributed by atoms with E-state index in [-0.39, 0.29) is 18.7 Å². The van der Waals surface area contributed by atoms with Crippen molar-refractivity contribution in [2.24, 2.45) is 0 Å². The van der Waals surface area contributed by atoms with E-state index in [1.165, 1.54) is 6.07 Å². The third-order valence-corrected chi connectivity index (χ3v) is 2.59. The normalized spacial score (nSPS) is 10.2. The van der Waals surface area contributed by atoms with Gasteiger partial charge in [-0.05, 0) is 13.0 Å². The molecule has 2 rings (SSSR count). The van der Waals surface area contributed by atoms with Crippen molar-refractivity contribution in [2.75, 3.05) is 0 Å². The minimum atomic E-state index is -1.06. The minimum Gasteiger partial charge on any atom is -0.478 e. The van der Waals surface area contributed by atoms with Gasteiger partial charge in [-0.1, -0.05) is 0 Å². The molecule has 0 aliphatic heterocycles. The summed E-state index contributed by atoms with van der Waals surface area (Å²) in [5, 5.41) is 14.0. The van der Waals surface area contributed by atoms with Crippen LogP contribution in [0.4, 0.5) is 4.79 Å². The molecule has 2 amide bonds. The van der Waals surface area contributed by atoms with E-state index in [2.05, 4.69) is 20.6 Å². The number of nitrogens with one attached hydrogen (secondary N) is 3. The second-order valence-electron chi connectivity index (χ2n) is 4.06. The molecule has 0 aromatic carbocycles. The van der Waals surface area contributed by atoms with Crippen molar-refractivity contribution in [1.29, 1.82) is 0 Å². The lowest BCUT2D eigenvalue weighted by molar-refractivity contribution is 0.0695. The van der Waals surface area contributed by atoms with Crippen LogP contribution in [0.25, 0.3) is 0 Å². The lowest BCUT2D eigenvalue weighted by Crippen LogP contribution is -2.34. The van der Waals surface area contributed by atoms with Crippen molar-refractivity contribution >= 4 is 12.0 Å². The zero-order valence-electron chi connectivity index (χ0n) is 10.8. The molecule has 8 heteroatoms. The summed E-state index contributed by atoms with van der Waals surface area (Å²) in [6.45, 7) is 1.94. The number of aromatic amines is 1. The summed E-state index contributed by atoms with van der Waals surface area (Å²) in [5.41, 5.74) is 0.0952. The average molecular weight is 278 g/mol. The molecule has 2 heterocycles. The Bertz CT molecular complexity index is 603. The highest BCUT2D eigenvalue weighted by atomic mass is 16.4. The van der Waals surface area contributed by atoms with Crippen LogP contribution in [0.1, 0.15) is 27.7 Å². The van der Waals surface area contributed by atoms with Crippen molar-refractivity contribution in [3.63, 3.8) is 0 Å². The third-order valence-electron chi connectivity index (χ3n) is 2.59. The summed E-state index contributed by atoms with van der Waals surface area (Å²) in [6, 6.07) is 0.997. The quantitative estimate of drug-likeness (QED) is 0.650. The van der Waals surface area contributed by atoms with Gasteiger partial charge in [0.2, 0.25) is 0 Å². The van der Waals surface area contributed by atoms with E-state index in [1.807, 2.05) is 0 Å². The van der Waals surface area contributed by atoms with Crippen LogP contribution < -0.4 is 10.6 Å². The fourth-order valence-corrected chi connectivity index (χ4v) is 1.63. The third kappa shape index (κ3) is 3.37. The summed E-state index contributed by atoms with van der Waals surface area (Å²) in [4.78, 5) is 29.2. The maximum Gasteiger partial charge on any atom is 0.339 e. The Hall–Kier alpha value is -2.77. The van der Waals surface area contributed by atoms with E-state index in [0.717, 1.165) is 0 Å². The predicted molar refractivity (Wildman–Crippen MR) is 68.1 cm³/mol. The topological polar surface area (TPSA) is 120 Å². The van der Waals surface area contributed by atoms with Gasteiger partial charge in [-0.25, -0.2) is 14.6 Å². The van der Waals surface area contributed by atoms with Gasteiger partial charge in [0.15, 0.2) is 0 Å². The number of hydrogen-bond acceptors (Lipinski definition) is 4. The highest BCUT2D eigenvalue weighted by Gasteiger charge is 2.14. The van der Waals surface area contributed by atoms with Gasteiger partial charge in [-0.15, -0.1) is 0 Å². The van der Waals surface area contributed by atoms with Gasteiger partial charge in [0.05, 0.1) is 13.1 Å². The molecule has 2 aromatic heterocycles. The van der Waals surface area contributed by atoms with Crippen LogP contribution in [-0.2, 0) is 13.1 Å². The number of urea groups is 1. The summed E-state index contributed by atoms with van der Waals surface area (Å²) >= 11 is 0. The predicted octanol–water partition coefficient (Wildman–Crippen LogP) is 1.01. The van der Waals surface area contributed by atoms with Gasteiger partial charge < -0.3 is 25.1 Å².